The third-order valence-electron chi connectivity index (χ3n) is 6.24. The van der Waals surface area contributed by atoms with Gasteiger partial charge in [-0.1, -0.05) is 84.9 Å². The molecule has 0 fully saturated rings. The molecule has 0 heterocycles. The van der Waals surface area contributed by atoms with Crippen molar-refractivity contribution in [3.63, 3.8) is 0 Å². The number of unbranched alkanes of at least 4 members (excludes halogenated alkanes) is 1. The Kier molecular flexibility index (Phi) is 7.16. The Balaban J connectivity index is 1.35. The maximum Gasteiger partial charge on any atom is 0.00132 e. The summed E-state index contributed by atoms with van der Waals surface area (Å²) in [5.41, 5.74) is 8.69. The van der Waals surface area contributed by atoms with Crippen LogP contribution in [0.3, 0.4) is 0 Å². The second-order valence-corrected chi connectivity index (χ2v) is 8.47. The van der Waals surface area contributed by atoms with E-state index < -0.39 is 0 Å². The fourth-order valence-corrected chi connectivity index (χ4v) is 4.53. The number of hydrogen-bond donors (Lipinski definition) is 0. The van der Waals surface area contributed by atoms with E-state index in [2.05, 4.69) is 96.9 Å². The van der Waals surface area contributed by atoms with Crippen LogP contribution in [0.5, 0.6) is 0 Å². The highest BCUT2D eigenvalue weighted by Gasteiger charge is 2.17. The lowest BCUT2D eigenvalue weighted by Gasteiger charge is -2.17. The van der Waals surface area contributed by atoms with Gasteiger partial charge in [-0.2, -0.15) is 0 Å². The first-order chi connectivity index (χ1) is 14.8. The van der Waals surface area contributed by atoms with E-state index in [1.165, 1.54) is 59.2 Å². The van der Waals surface area contributed by atoms with Gasteiger partial charge in [0.05, 0.1) is 0 Å². The van der Waals surface area contributed by atoms with E-state index in [1.807, 2.05) is 0 Å². The van der Waals surface area contributed by atoms with Crippen molar-refractivity contribution in [3.05, 3.63) is 113 Å². The average Bonchev–Trinajstić information content (AvgIpc) is 2.95. The molecule has 0 unspecified atom stereocenters. The van der Waals surface area contributed by atoms with E-state index in [0.717, 1.165) is 25.8 Å². The highest BCUT2D eigenvalue weighted by Crippen LogP contribution is 2.33. The van der Waals surface area contributed by atoms with Gasteiger partial charge < -0.3 is 4.90 Å². The lowest BCUT2D eigenvalue weighted by Crippen LogP contribution is -2.20. The third-order valence-corrected chi connectivity index (χ3v) is 6.24. The maximum atomic E-state index is 2.48. The standard InChI is InChI=1S/C29H33N/c1-30(22-10-9-14-24-12-3-2-4-13-24)23-11-19-29-27-17-7-5-15-25(27)20-21-26-16-6-8-18-28(26)29/h2-8,12-13,15-19H,9-11,14,20-23H2,1H3. The summed E-state index contributed by atoms with van der Waals surface area (Å²) in [5, 5.41) is 0. The first kappa shape index (κ1) is 20.6. The Morgan fingerprint density at radius 2 is 1.30 bits per heavy atom. The fourth-order valence-electron chi connectivity index (χ4n) is 4.53. The first-order valence-electron chi connectivity index (χ1n) is 11.4. The van der Waals surface area contributed by atoms with Crippen LogP contribution >= 0.6 is 0 Å². The predicted molar refractivity (Wildman–Crippen MR) is 129 cm³/mol. The predicted octanol–water partition coefficient (Wildman–Crippen LogP) is 6.56. The van der Waals surface area contributed by atoms with Crippen LogP contribution in [0, 0.1) is 0 Å². The van der Waals surface area contributed by atoms with Crippen LogP contribution in [0.4, 0.5) is 0 Å². The quantitative estimate of drug-likeness (QED) is 0.390. The number of nitrogens with zero attached hydrogens (tertiary/aromatic N) is 1. The average molecular weight is 396 g/mol. The van der Waals surface area contributed by atoms with Crippen molar-refractivity contribution in [1.29, 1.82) is 0 Å². The van der Waals surface area contributed by atoms with Crippen LogP contribution in [-0.4, -0.2) is 25.0 Å². The van der Waals surface area contributed by atoms with Crippen molar-refractivity contribution in [3.8, 4) is 0 Å². The molecule has 0 saturated carbocycles. The number of hydrogen-bond acceptors (Lipinski definition) is 1. The molecule has 1 nitrogen and oxygen atoms in total. The number of rotatable bonds is 8. The lowest BCUT2D eigenvalue weighted by molar-refractivity contribution is 0.332. The van der Waals surface area contributed by atoms with Gasteiger partial charge in [0.1, 0.15) is 0 Å². The van der Waals surface area contributed by atoms with Gasteiger partial charge in [-0.05, 0) is 85.5 Å². The highest BCUT2D eigenvalue weighted by molar-refractivity contribution is 5.83. The Bertz CT molecular complexity index is 921. The summed E-state index contributed by atoms with van der Waals surface area (Å²) in [6.07, 6.45) is 9.53. The molecule has 154 valence electrons. The van der Waals surface area contributed by atoms with E-state index >= 15 is 0 Å². The van der Waals surface area contributed by atoms with Gasteiger partial charge in [0.25, 0.3) is 0 Å². The van der Waals surface area contributed by atoms with Crippen LogP contribution in [-0.2, 0) is 19.3 Å². The van der Waals surface area contributed by atoms with Gasteiger partial charge in [0.2, 0.25) is 0 Å². The van der Waals surface area contributed by atoms with Gasteiger partial charge >= 0.3 is 0 Å². The Morgan fingerprint density at radius 1 is 0.700 bits per heavy atom. The van der Waals surface area contributed by atoms with Crippen molar-refractivity contribution in [1.82, 2.24) is 4.90 Å². The van der Waals surface area contributed by atoms with E-state index in [-0.39, 0.29) is 0 Å². The van der Waals surface area contributed by atoms with Gasteiger partial charge in [-0.3, -0.25) is 0 Å². The summed E-state index contributed by atoms with van der Waals surface area (Å²) >= 11 is 0. The molecule has 0 N–H and O–H groups in total. The van der Waals surface area contributed by atoms with Crippen molar-refractivity contribution >= 4 is 5.57 Å². The summed E-state index contributed by atoms with van der Waals surface area (Å²) < 4.78 is 0. The smallest absolute Gasteiger partial charge is 0.00132 e. The summed E-state index contributed by atoms with van der Waals surface area (Å²) in [6.45, 7) is 2.28. The largest absolute Gasteiger partial charge is 0.306 e. The van der Waals surface area contributed by atoms with Crippen molar-refractivity contribution < 1.29 is 0 Å². The Morgan fingerprint density at radius 3 is 1.97 bits per heavy atom. The molecule has 1 aliphatic rings. The van der Waals surface area contributed by atoms with Crippen molar-refractivity contribution in [2.24, 2.45) is 0 Å². The van der Waals surface area contributed by atoms with Gasteiger partial charge in [0.15, 0.2) is 0 Å². The topological polar surface area (TPSA) is 3.24 Å². The van der Waals surface area contributed by atoms with Crippen LogP contribution in [0.15, 0.2) is 84.9 Å². The molecule has 1 heteroatoms. The van der Waals surface area contributed by atoms with Gasteiger partial charge in [-0.25, -0.2) is 0 Å². The molecule has 0 bridgehead atoms. The summed E-state index contributed by atoms with van der Waals surface area (Å²) in [6, 6.07) is 28.8. The molecule has 0 aliphatic heterocycles. The molecule has 1 aliphatic carbocycles. The third kappa shape index (κ3) is 5.29. The molecule has 30 heavy (non-hydrogen) atoms. The Labute approximate surface area is 182 Å². The van der Waals surface area contributed by atoms with Gasteiger partial charge in [-0.15, -0.1) is 0 Å². The molecule has 0 atom stereocenters. The fraction of sp³-hybridized carbons (Fsp3) is 0.310. The molecule has 3 aromatic rings. The lowest BCUT2D eigenvalue weighted by atomic mass is 9.93. The summed E-state index contributed by atoms with van der Waals surface area (Å²) in [5.74, 6) is 0. The van der Waals surface area contributed by atoms with Crippen LogP contribution in [0.1, 0.15) is 47.1 Å². The minimum absolute atomic E-state index is 1.09. The molecule has 0 saturated heterocycles. The van der Waals surface area contributed by atoms with Gasteiger partial charge in [0, 0.05) is 6.54 Å². The molecule has 0 spiro atoms. The highest BCUT2D eigenvalue weighted by atomic mass is 15.1. The van der Waals surface area contributed by atoms with Crippen molar-refractivity contribution in [2.45, 2.75) is 38.5 Å². The molecular formula is C29H33N. The molecule has 3 aromatic carbocycles. The maximum absolute atomic E-state index is 2.48. The number of aryl methyl sites for hydroxylation is 3. The minimum Gasteiger partial charge on any atom is -0.306 e. The van der Waals surface area contributed by atoms with Crippen LogP contribution < -0.4 is 0 Å². The SMILES string of the molecule is CN(CCC=C1c2ccccc2CCc2ccccc21)CCCCc1ccccc1. The zero-order chi connectivity index (χ0) is 20.6. The first-order valence-corrected chi connectivity index (χ1v) is 11.4. The van der Waals surface area contributed by atoms with Crippen LogP contribution in [0.25, 0.3) is 5.57 Å². The summed E-state index contributed by atoms with van der Waals surface area (Å²) in [4.78, 5) is 2.48. The Hall–Kier alpha value is -2.64. The molecule has 0 aromatic heterocycles. The zero-order valence-corrected chi connectivity index (χ0v) is 18.2. The monoisotopic (exact) mass is 395 g/mol. The second-order valence-electron chi connectivity index (χ2n) is 8.47. The number of fused-ring (bicyclic) bond motifs is 2. The van der Waals surface area contributed by atoms with Crippen molar-refractivity contribution in [2.75, 3.05) is 20.1 Å². The molecule has 0 radical (unpaired) electrons. The second kappa shape index (κ2) is 10.4. The molecule has 4 rings (SSSR count). The van der Waals surface area contributed by atoms with E-state index in [1.54, 1.807) is 0 Å². The summed E-state index contributed by atoms with van der Waals surface area (Å²) in [7, 11) is 2.26. The van der Waals surface area contributed by atoms with E-state index in [0.29, 0.717) is 0 Å². The molecule has 0 amide bonds. The van der Waals surface area contributed by atoms with E-state index in [9.17, 15) is 0 Å². The van der Waals surface area contributed by atoms with Crippen LogP contribution in [0.2, 0.25) is 0 Å². The van der Waals surface area contributed by atoms with E-state index in [4.69, 9.17) is 0 Å². The minimum atomic E-state index is 1.09. The number of benzene rings is 3. The normalized spacial score (nSPS) is 12.9. The molecular weight excluding hydrogens is 362 g/mol. The zero-order valence-electron chi connectivity index (χ0n) is 18.2.